The van der Waals surface area contributed by atoms with E-state index in [1.54, 1.807) is 0 Å². The van der Waals surface area contributed by atoms with Crippen LogP contribution in [0.2, 0.25) is 0 Å². The summed E-state index contributed by atoms with van der Waals surface area (Å²) >= 11 is 0. The van der Waals surface area contributed by atoms with Crippen molar-refractivity contribution in [1.82, 2.24) is 0 Å². The van der Waals surface area contributed by atoms with E-state index in [2.05, 4.69) is 53.3 Å². The van der Waals surface area contributed by atoms with E-state index in [1.807, 2.05) is 18.2 Å². The van der Waals surface area contributed by atoms with E-state index in [9.17, 15) is 68.2 Å². The second-order valence-corrected chi connectivity index (χ2v) is 21.3. The number of hydrogen-bond donors (Lipinski definition) is 9. The van der Waals surface area contributed by atoms with E-state index in [1.165, 1.54) is 70.6 Å². The Labute approximate surface area is 409 Å². The van der Waals surface area contributed by atoms with Crippen LogP contribution in [0.15, 0.2) is 48.6 Å². The number of Topliss-reactive ketones (excluding diaryl/α,β-unsaturated/α-hetero) is 1. The van der Waals surface area contributed by atoms with Gasteiger partial charge in [0.05, 0.1) is 6.61 Å². The molecule has 0 spiro atoms. The molecule has 1 rings (SSSR count). The molecule has 9 N–H and O–H groups in total. The molecule has 22 heteroatoms. The van der Waals surface area contributed by atoms with Gasteiger partial charge in [-0.1, -0.05) is 165 Å². The summed E-state index contributed by atoms with van der Waals surface area (Å²) in [5, 5.41) is 42.5. The van der Waals surface area contributed by atoms with Crippen molar-refractivity contribution in [3.8, 4) is 0 Å². The van der Waals surface area contributed by atoms with E-state index in [4.69, 9.17) is 13.8 Å². The molecule has 0 amide bonds. The van der Waals surface area contributed by atoms with Gasteiger partial charge in [-0.2, -0.15) is 0 Å². The summed E-state index contributed by atoms with van der Waals surface area (Å²) in [7, 11) is -17.0. The number of phosphoric acid groups is 3. The summed E-state index contributed by atoms with van der Waals surface area (Å²) in [5.41, 5.74) is 0. The topological polar surface area (TPSA) is 314 Å². The minimum Gasteiger partial charge on any atom is -0.457 e. The number of ketones is 1. The zero-order chi connectivity index (χ0) is 51.6. The fourth-order valence-corrected chi connectivity index (χ4v) is 9.94. The molecule has 0 aliphatic heterocycles. The van der Waals surface area contributed by atoms with Crippen LogP contribution in [0.25, 0.3) is 0 Å². The van der Waals surface area contributed by atoms with Crippen LogP contribution in [0.3, 0.4) is 0 Å². The van der Waals surface area contributed by atoms with E-state index >= 15 is 0 Å². The van der Waals surface area contributed by atoms with Crippen molar-refractivity contribution in [2.75, 3.05) is 6.61 Å². The summed E-state index contributed by atoms with van der Waals surface area (Å²) in [5.74, 6) is -1.75. The average Bonchev–Trinajstić information content (AvgIpc) is 3.28. The number of aliphatic hydroxyl groups is 4. The third-order valence-electron chi connectivity index (χ3n) is 11.4. The highest BCUT2D eigenvalue weighted by Gasteiger charge is 2.57. The Hall–Kier alpha value is -1.73. The molecule has 1 aliphatic carbocycles. The van der Waals surface area contributed by atoms with Gasteiger partial charge in [0.15, 0.2) is 18.0 Å². The Morgan fingerprint density at radius 1 is 0.493 bits per heavy atom. The van der Waals surface area contributed by atoms with Crippen LogP contribution in [0.4, 0.5) is 0 Å². The van der Waals surface area contributed by atoms with Crippen molar-refractivity contribution in [1.29, 1.82) is 0 Å². The Bertz CT molecular complexity index is 1650. The summed E-state index contributed by atoms with van der Waals surface area (Å²) in [6, 6.07) is 0. The number of phosphoric ester groups is 3. The van der Waals surface area contributed by atoms with Crippen molar-refractivity contribution in [3.63, 3.8) is 0 Å². The molecule has 0 heterocycles. The Morgan fingerprint density at radius 2 is 0.884 bits per heavy atom. The highest BCUT2D eigenvalue weighted by molar-refractivity contribution is 7.47. The van der Waals surface area contributed by atoms with Crippen molar-refractivity contribution in [2.24, 2.45) is 0 Å². The van der Waals surface area contributed by atoms with Gasteiger partial charge in [0.25, 0.3) is 0 Å². The fourth-order valence-electron chi connectivity index (χ4n) is 7.67. The highest BCUT2D eigenvalue weighted by atomic mass is 31.2. The molecule has 9 atom stereocenters. The van der Waals surface area contributed by atoms with Crippen LogP contribution in [0.1, 0.15) is 181 Å². The van der Waals surface area contributed by atoms with E-state index in [0.29, 0.717) is 32.1 Å². The number of unbranched alkanes of at least 4 members (excludes halogenated alkanes) is 18. The summed E-state index contributed by atoms with van der Waals surface area (Å²) in [6.45, 7) is 3.32. The lowest BCUT2D eigenvalue weighted by Crippen LogP contribution is -2.65. The van der Waals surface area contributed by atoms with Crippen molar-refractivity contribution in [3.05, 3.63) is 48.6 Å². The second kappa shape index (κ2) is 37.9. The monoisotopic (exact) mass is 1050 g/mol. The van der Waals surface area contributed by atoms with Gasteiger partial charge < -0.3 is 49.6 Å². The van der Waals surface area contributed by atoms with Gasteiger partial charge in [0.1, 0.15) is 36.6 Å². The van der Waals surface area contributed by atoms with Gasteiger partial charge in [-0.15, -0.1) is 0 Å². The van der Waals surface area contributed by atoms with Crippen molar-refractivity contribution >= 4 is 35.2 Å². The van der Waals surface area contributed by atoms with Gasteiger partial charge in [-0.3, -0.25) is 27.7 Å². The van der Waals surface area contributed by atoms with Crippen LogP contribution in [-0.2, 0) is 46.1 Å². The van der Waals surface area contributed by atoms with E-state index in [0.717, 1.165) is 51.4 Å². The molecule has 0 radical (unpaired) electrons. The molecule has 0 saturated heterocycles. The lowest BCUT2D eigenvalue weighted by atomic mass is 9.85. The minimum atomic E-state index is -5.77. The molecule has 0 aromatic heterocycles. The number of ether oxygens (including phenoxy) is 1. The van der Waals surface area contributed by atoms with Crippen LogP contribution in [0, 0.1) is 0 Å². The summed E-state index contributed by atoms with van der Waals surface area (Å²) in [6.07, 6.45) is 20.5. The van der Waals surface area contributed by atoms with Crippen molar-refractivity contribution in [2.45, 2.75) is 230 Å². The van der Waals surface area contributed by atoms with Gasteiger partial charge in [-0.05, 0) is 51.4 Å². The molecule has 1 fully saturated rings. The van der Waals surface area contributed by atoms with Gasteiger partial charge in [0, 0.05) is 12.8 Å². The van der Waals surface area contributed by atoms with Gasteiger partial charge in [-0.25, -0.2) is 13.7 Å². The highest BCUT2D eigenvalue weighted by Crippen LogP contribution is 2.52. The number of esters is 1. The number of allylic oxidation sites excluding steroid dienone is 8. The quantitative estimate of drug-likeness (QED) is 0.0119. The first-order valence-electron chi connectivity index (χ1n) is 24.9. The maximum absolute atomic E-state index is 13.6. The molecule has 69 heavy (non-hydrogen) atoms. The van der Waals surface area contributed by atoms with Crippen LogP contribution in [0.5, 0.6) is 0 Å². The van der Waals surface area contributed by atoms with E-state index < -0.39 is 90.7 Å². The molecule has 0 bridgehead atoms. The SMILES string of the molecule is CCCCC/C=C\C/C=C\C/C=C\C/C=C\CCCC(=O)O[C@@H](CO)C(OP(=O)(O)O[C@@H]1[C@@H](O)[C@H](OP(=O)(O)O)[C@@H](OP(=O)(O)O)[C@H](O)[C@@H]1O)C(=O)CCCCCCCCCCCCCCCCC. The second-order valence-electron chi connectivity index (χ2n) is 17.5. The third kappa shape index (κ3) is 32.2. The first kappa shape index (κ1) is 65.3. The molecule has 0 aromatic carbocycles. The predicted molar refractivity (Wildman–Crippen MR) is 261 cm³/mol. The van der Waals surface area contributed by atoms with E-state index in [-0.39, 0.29) is 12.8 Å². The molecule has 19 nitrogen and oxygen atoms in total. The maximum atomic E-state index is 13.6. The molecule has 0 aromatic rings. The average molecular weight is 1050 g/mol. The number of carbonyl (C=O) groups is 2. The van der Waals surface area contributed by atoms with Gasteiger partial charge in [0.2, 0.25) is 0 Å². The lowest BCUT2D eigenvalue weighted by Gasteiger charge is -2.44. The first-order chi connectivity index (χ1) is 32.8. The first-order valence-corrected chi connectivity index (χ1v) is 29.5. The molecule has 1 saturated carbocycles. The maximum Gasteiger partial charge on any atom is 0.473 e. The number of hydrogen-bond acceptors (Lipinski definition) is 14. The molecule has 2 unspecified atom stereocenters. The largest absolute Gasteiger partial charge is 0.473 e. The van der Waals surface area contributed by atoms with Crippen molar-refractivity contribution < 1.29 is 91.0 Å². The Kier molecular flexibility index (Phi) is 35.9. The summed E-state index contributed by atoms with van der Waals surface area (Å²) in [4.78, 5) is 74.9. The molecular weight excluding hydrogens is 961 g/mol. The lowest BCUT2D eigenvalue weighted by molar-refractivity contribution is -0.213. The predicted octanol–water partition coefficient (Wildman–Crippen LogP) is 8.79. The van der Waals surface area contributed by atoms with Crippen LogP contribution < -0.4 is 0 Å². The zero-order valence-electron chi connectivity index (χ0n) is 40.8. The smallest absolute Gasteiger partial charge is 0.457 e. The van der Waals surface area contributed by atoms with Crippen LogP contribution >= 0.6 is 23.5 Å². The van der Waals surface area contributed by atoms with Crippen LogP contribution in [-0.4, -0.2) is 112 Å². The fraction of sp³-hybridized carbons (Fsp3) is 0.787. The van der Waals surface area contributed by atoms with Gasteiger partial charge >= 0.3 is 29.4 Å². The standard InChI is InChI=1S/C47H85O19P3/c1-3-5-7-9-11-13-15-17-19-20-22-24-26-28-30-32-34-36-40(50)62-39(37-48)44(38(49)35-33-31-29-27-25-23-21-18-16-14-12-10-8-6-4-2)65-69(60,61)66-45-41(51)42(52)46(63-67(54,55)56)47(43(45)53)64-68(57,58)59/h11,13,17,19,22,24,28,30,39,41-48,51-53H,3-10,12,14-16,18,20-21,23,25-27,29,31-37H2,1-2H3,(H,60,61)(H2,54,55,56)(H2,57,58,59)/b13-11-,19-17-,24-22-,30-28-/t39-,41-,42+,43+,44?,45-,46-,47-/m0/s1. The normalized spacial score (nSPS) is 22.2. The number of aliphatic hydroxyl groups excluding tert-OH is 4. The molecule has 1 aliphatic rings. The summed E-state index contributed by atoms with van der Waals surface area (Å²) < 4.78 is 61.0. The number of rotatable bonds is 42. The Balaban J connectivity index is 2.93. The molecule has 402 valence electrons. The zero-order valence-corrected chi connectivity index (χ0v) is 43.5. The molecular formula is C47H85O19P3. The minimum absolute atomic E-state index is 0.168. The third-order valence-corrected chi connectivity index (χ3v) is 13.4. The number of carbonyl (C=O) groups excluding carboxylic acids is 2. The Morgan fingerprint density at radius 3 is 1.33 bits per heavy atom.